The van der Waals surface area contributed by atoms with Crippen molar-refractivity contribution in [2.45, 2.75) is 52.1 Å². The maximum Gasteiger partial charge on any atom is 0.320 e. The second-order valence-electron chi connectivity index (χ2n) is 5.14. The van der Waals surface area contributed by atoms with E-state index in [0.717, 1.165) is 12.3 Å². The molecule has 3 nitrogen and oxygen atoms in total. The van der Waals surface area contributed by atoms with Gasteiger partial charge in [0.2, 0.25) is 0 Å². The second-order valence-corrected chi connectivity index (χ2v) is 5.14. The Morgan fingerprint density at radius 2 is 2.00 bits per heavy atom. The van der Waals surface area contributed by atoms with E-state index >= 15 is 0 Å². The number of hydrogen-bond donors (Lipinski definition) is 1. The predicted molar refractivity (Wildman–Crippen MR) is 60.8 cm³/mol. The van der Waals surface area contributed by atoms with Crippen molar-refractivity contribution in [3.05, 3.63) is 0 Å². The molecule has 15 heavy (non-hydrogen) atoms. The SMILES string of the molecule is CC1CCC(N(C)C(C)C(=O)O)C(C)C1. The van der Waals surface area contributed by atoms with E-state index in [1.807, 2.05) is 11.9 Å². The zero-order valence-corrected chi connectivity index (χ0v) is 10.2. The number of carboxylic acids is 1. The molecule has 4 unspecified atom stereocenters. The molecule has 0 aromatic heterocycles. The number of aliphatic carboxylic acids is 1. The molecule has 1 aliphatic rings. The van der Waals surface area contributed by atoms with Gasteiger partial charge in [-0.25, -0.2) is 0 Å². The van der Waals surface area contributed by atoms with Crippen LogP contribution in [0.4, 0.5) is 0 Å². The van der Waals surface area contributed by atoms with Gasteiger partial charge in [0.25, 0.3) is 0 Å². The average Bonchev–Trinajstić information content (AvgIpc) is 2.15. The fourth-order valence-corrected chi connectivity index (χ4v) is 2.72. The number of hydrogen-bond acceptors (Lipinski definition) is 2. The van der Waals surface area contributed by atoms with Crippen LogP contribution in [0.2, 0.25) is 0 Å². The molecule has 0 aliphatic heterocycles. The van der Waals surface area contributed by atoms with Gasteiger partial charge in [-0.15, -0.1) is 0 Å². The summed E-state index contributed by atoms with van der Waals surface area (Å²) in [6.45, 7) is 6.30. The number of rotatable bonds is 3. The summed E-state index contributed by atoms with van der Waals surface area (Å²) in [5.41, 5.74) is 0. The summed E-state index contributed by atoms with van der Waals surface area (Å²) >= 11 is 0. The Balaban J connectivity index is 2.59. The first-order valence-electron chi connectivity index (χ1n) is 5.88. The van der Waals surface area contributed by atoms with Gasteiger partial charge in [0, 0.05) is 6.04 Å². The minimum Gasteiger partial charge on any atom is -0.480 e. The van der Waals surface area contributed by atoms with Crippen LogP contribution in [0.5, 0.6) is 0 Å². The highest BCUT2D eigenvalue weighted by atomic mass is 16.4. The van der Waals surface area contributed by atoms with Crippen LogP contribution in [0, 0.1) is 11.8 Å². The lowest BCUT2D eigenvalue weighted by Gasteiger charge is -2.40. The molecule has 0 amide bonds. The van der Waals surface area contributed by atoms with Crippen molar-refractivity contribution in [2.75, 3.05) is 7.05 Å². The maximum absolute atomic E-state index is 10.9. The van der Waals surface area contributed by atoms with E-state index in [0.29, 0.717) is 12.0 Å². The third-order valence-corrected chi connectivity index (χ3v) is 3.88. The van der Waals surface area contributed by atoms with Crippen molar-refractivity contribution >= 4 is 5.97 Å². The molecule has 3 heteroatoms. The van der Waals surface area contributed by atoms with E-state index in [4.69, 9.17) is 5.11 Å². The van der Waals surface area contributed by atoms with Gasteiger partial charge >= 0.3 is 5.97 Å². The highest BCUT2D eigenvalue weighted by molar-refractivity contribution is 5.72. The molecule has 1 saturated carbocycles. The lowest BCUT2D eigenvalue weighted by Crippen LogP contribution is -2.47. The molecule has 0 heterocycles. The lowest BCUT2D eigenvalue weighted by atomic mass is 9.79. The zero-order chi connectivity index (χ0) is 11.6. The van der Waals surface area contributed by atoms with Gasteiger partial charge < -0.3 is 5.11 Å². The molecule has 0 aromatic carbocycles. The van der Waals surface area contributed by atoms with Gasteiger partial charge in [-0.2, -0.15) is 0 Å². The quantitative estimate of drug-likeness (QED) is 0.781. The van der Waals surface area contributed by atoms with Crippen LogP contribution in [0.25, 0.3) is 0 Å². The molecule has 1 aliphatic carbocycles. The minimum atomic E-state index is -0.719. The van der Waals surface area contributed by atoms with Crippen molar-refractivity contribution in [1.29, 1.82) is 0 Å². The summed E-state index contributed by atoms with van der Waals surface area (Å²) in [5.74, 6) is 0.689. The van der Waals surface area contributed by atoms with Gasteiger partial charge in [-0.05, 0) is 45.1 Å². The second kappa shape index (κ2) is 4.97. The van der Waals surface area contributed by atoms with Crippen molar-refractivity contribution in [1.82, 2.24) is 4.90 Å². The van der Waals surface area contributed by atoms with Crippen molar-refractivity contribution in [3.63, 3.8) is 0 Å². The Morgan fingerprint density at radius 3 is 2.47 bits per heavy atom. The van der Waals surface area contributed by atoms with Gasteiger partial charge in [0.15, 0.2) is 0 Å². The Morgan fingerprint density at radius 1 is 1.40 bits per heavy atom. The molecular formula is C12H23NO2. The van der Waals surface area contributed by atoms with Crippen LogP contribution in [-0.2, 0) is 4.79 Å². The number of likely N-dealkylation sites (N-methyl/N-ethyl adjacent to an activating group) is 1. The van der Waals surface area contributed by atoms with E-state index < -0.39 is 5.97 Å². The molecule has 0 aromatic rings. The van der Waals surface area contributed by atoms with Crippen molar-refractivity contribution in [3.8, 4) is 0 Å². The Hall–Kier alpha value is -0.570. The van der Waals surface area contributed by atoms with E-state index in [9.17, 15) is 4.79 Å². The fourth-order valence-electron chi connectivity index (χ4n) is 2.72. The van der Waals surface area contributed by atoms with Crippen molar-refractivity contribution in [2.24, 2.45) is 11.8 Å². The minimum absolute atomic E-state index is 0.370. The molecule has 88 valence electrons. The lowest BCUT2D eigenvalue weighted by molar-refractivity contribution is -0.143. The molecular weight excluding hydrogens is 190 g/mol. The molecule has 0 bridgehead atoms. The standard InChI is InChI=1S/C12H23NO2/c1-8-5-6-11(9(2)7-8)13(4)10(3)12(14)15/h8-11H,5-7H2,1-4H3,(H,14,15). The molecule has 1 rings (SSSR count). The largest absolute Gasteiger partial charge is 0.480 e. The summed E-state index contributed by atoms with van der Waals surface area (Å²) in [6.07, 6.45) is 3.59. The molecule has 4 atom stereocenters. The number of carbonyl (C=O) groups is 1. The Labute approximate surface area is 92.5 Å². The monoisotopic (exact) mass is 213 g/mol. The third kappa shape index (κ3) is 2.94. The molecule has 0 saturated heterocycles. The number of nitrogens with zero attached hydrogens (tertiary/aromatic N) is 1. The highest BCUT2D eigenvalue weighted by Gasteiger charge is 2.32. The van der Waals surface area contributed by atoms with Gasteiger partial charge in [-0.3, -0.25) is 9.69 Å². The highest BCUT2D eigenvalue weighted by Crippen LogP contribution is 2.32. The smallest absolute Gasteiger partial charge is 0.320 e. The topological polar surface area (TPSA) is 40.5 Å². The Bertz CT molecular complexity index is 230. The summed E-state index contributed by atoms with van der Waals surface area (Å²) in [7, 11) is 1.94. The summed E-state index contributed by atoms with van der Waals surface area (Å²) in [5, 5.41) is 8.98. The van der Waals surface area contributed by atoms with Crippen LogP contribution >= 0.6 is 0 Å². The van der Waals surface area contributed by atoms with E-state index in [-0.39, 0.29) is 6.04 Å². The normalized spacial score (nSPS) is 34.1. The number of carboxylic acid groups (broad SMARTS) is 1. The predicted octanol–water partition coefficient (Wildman–Crippen LogP) is 2.22. The van der Waals surface area contributed by atoms with Crippen LogP contribution in [-0.4, -0.2) is 35.1 Å². The molecule has 0 spiro atoms. The van der Waals surface area contributed by atoms with Gasteiger partial charge in [-0.1, -0.05) is 13.8 Å². The van der Waals surface area contributed by atoms with Crippen LogP contribution < -0.4 is 0 Å². The first-order valence-corrected chi connectivity index (χ1v) is 5.88. The molecule has 0 radical (unpaired) electrons. The molecule has 1 fully saturated rings. The van der Waals surface area contributed by atoms with Crippen molar-refractivity contribution < 1.29 is 9.90 Å². The van der Waals surface area contributed by atoms with Gasteiger partial charge in [0.1, 0.15) is 6.04 Å². The van der Waals surface area contributed by atoms with Crippen LogP contribution in [0.1, 0.15) is 40.0 Å². The Kier molecular flexibility index (Phi) is 4.14. The summed E-state index contributed by atoms with van der Waals surface area (Å²) < 4.78 is 0. The summed E-state index contributed by atoms with van der Waals surface area (Å²) in [6, 6.07) is 0.0677. The van der Waals surface area contributed by atoms with Crippen LogP contribution in [0.15, 0.2) is 0 Å². The van der Waals surface area contributed by atoms with E-state index in [2.05, 4.69) is 13.8 Å². The third-order valence-electron chi connectivity index (χ3n) is 3.88. The van der Waals surface area contributed by atoms with E-state index in [1.54, 1.807) is 6.92 Å². The van der Waals surface area contributed by atoms with Crippen LogP contribution in [0.3, 0.4) is 0 Å². The summed E-state index contributed by atoms with van der Waals surface area (Å²) in [4.78, 5) is 12.9. The van der Waals surface area contributed by atoms with Gasteiger partial charge in [0.05, 0.1) is 0 Å². The zero-order valence-electron chi connectivity index (χ0n) is 10.2. The van der Waals surface area contributed by atoms with E-state index in [1.165, 1.54) is 12.8 Å². The average molecular weight is 213 g/mol. The first kappa shape index (κ1) is 12.5. The fraction of sp³-hybridized carbons (Fsp3) is 0.917. The maximum atomic E-state index is 10.9. The first-order chi connectivity index (χ1) is 6.93. The molecule has 1 N–H and O–H groups in total.